The molecule has 8 nitrogen and oxygen atoms in total. The first kappa shape index (κ1) is 21.3. The quantitative estimate of drug-likeness (QED) is 0.665. The van der Waals surface area contributed by atoms with Crippen molar-refractivity contribution >= 4 is 11.7 Å². The number of aromatic nitrogens is 2. The zero-order chi connectivity index (χ0) is 21.9. The standard InChI is InChI=1S/C24H32N6O2/c31-22-15-30(12-8-21(22)29-11-7-17-3-1-2-4-18(17)14-29)24(32)20-13-23(27-16-26-20)28-19-5-9-25-10-6-19/h1-4,13,16,19,21-22,25,31H,5-12,14-15H2,(H,26,27,28)/t21?,22-/m0/s1. The summed E-state index contributed by atoms with van der Waals surface area (Å²) in [6.07, 6.45) is 4.73. The van der Waals surface area contributed by atoms with Crippen LogP contribution in [0.2, 0.25) is 0 Å². The van der Waals surface area contributed by atoms with Crippen LogP contribution < -0.4 is 10.6 Å². The Morgan fingerprint density at radius 2 is 1.91 bits per heavy atom. The SMILES string of the molecule is O=C(c1cc(NC2CCNCC2)ncn1)N1CCC(N2CCc3ccccc3C2)[C@@H](O)C1. The van der Waals surface area contributed by atoms with Gasteiger partial charge in [-0.05, 0) is 49.9 Å². The maximum Gasteiger partial charge on any atom is 0.272 e. The van der Waals surface area contributed by atoms with E-state index in [0.717, 1.165) is 51.9 Å². The number of β-amino-alcohol motifs (C(OH)–C–C–N with tert-alkyl or cyclic N) is 1. The van der Waals surface area contributed by atoms with Crippen molar-refractivity contribution in [2.24, 2.45) is 0 Å². The third kappa shape index (κ3) is 4.62. The molecule has 3 aliphatic heterocycles. The number of anilines is 1. The molecule has 3 aliphatic rings. The molecule has 2 atom stereocenters. The van der Waals surface area contributed by atoms with Gasteiger partial charge >= 0.3 is 0 Å². The summed E-state index contributed by atoms with van der Waals surface area (Å²) in [5.74, 6) is 0.555. The van der Waals surface area contributed by atoms with Gasteiger partial charge in [0.2, 0.25) is 0 Å². The number of hydrogen-bond acceptors (Lipinski definition) is 7. The highest BCUT2D eigenvalue weighted by Gasteiger charge is 2.35. The number of piperidine rings is 2. The molecule has 8 heteroatoms. The predicted molar refractivity (Wildman–Crippen MR) is 122 cm³/mol. The number of benzene rings is 1. The fraction of sp³-hybridized carbons (Fsp3) is 0.542. The van der Waals surface area contributed by atoms with Crippen molar-refractivity contribution in [3.63, 3.8) is 0 Å². The second-order valence-electron chi connectivity index (χ2n) is 9.12. The highest BCUT2D eigenvalue weighted by molar-refractivity contribution is 5.93. The van der Waals surface area contributed by atoms with E-state index in [1.165, 1.54) is 17.5 Å². The summed E-state index contributed by atoms with van der Waals surface area (Å²) < 4.78 is 0. The number of aliphatic hydroxyl groups is 1. The van der Waals surface area contributed by atoms with Gasteiger partial charge in [0.15, 0.2) is 0 Å². The summed E-state index contributed by atoms with van der Waals surface area (Å²) in [7, 11) is 0. The Balaban J connectivity index is 1.20. The second-order valence-corrected chi connectivity index (χ2v) is 9.12. The van der Waals surface area contributed by atoms with Crippen LogP contribution >= 0.6 is 0 Å². The van der Waals surface area contributed by atoms with Crippen molar-refractivity contribution in [3.05, 3.63) is 53.5 Å². The zero-order valence-corrected chi connectivity index (χ0v) is 18.4. The largest absolute Gasteiger partial charge is 0.390 e. The van der Waals surface area contributed by atoms with E-state index < -0.39 is 6.10 Å². The molecule has 1 unspecified atom stereocenters. The van der Waals surface area contributed by atoms with E-state index in [-0.39, 0.29) is 11.9 Å². The van der Waals surface area contributed by atoms with Crippen molar-refractivity contribution < 1.29 is 9.90 Å². The van der Waals surface area contributed by atoms with Gasteiger partial charge in [-0.1, -0.05) is 24.3 Å². The maximum atomic E-state index is 13.1. The van der Waals surface area contributed by atoms with Crippen LogP contribution in [-0.4, -0.2) is 81.7 Å². The molecule has 1 amide bonds. The number of carbonyl (C=O) groups excluding carboxylic acids is 1. The molecule has 2 aromatic rings. The number of rotatable bonds is 4. The first-order chi connectivity index (χ1) is 15.7. The second kappa shape index (κ2) is 9.52. The molecule has 1 aromatic heterocycles. The van der Waals surface area contributed by atoms with E-state index in [2.05, 4.69) is 49.8 Å². The Kier molecular flexibility index (Phi) is 6.34. The van der Waals surface area contributed by atoms with Crippen LogP contribution in [0.4, 0.5) is 5.82 Å². The topological polar surface area (TPSA) is 93.6 Å². The molecular formula is C24H32N6O2. The smallest absolute Gasteiger partial charge is 0.272 e. The van der Waals surface area contributed by atoms with E-state index in [1.807, 2.05) is 0 Å². The van der Waals surface area contributed by atoms with Gasteiger partial charge in [-0.3, -0.25) is 9.69 Å². The number of carbonyl (C=O) groups is 1. The first-order valence-electron chi connectivity index (χ1n) is 11.7. The van der Waals surface area contributed by atoms with E-state index in [1.54, 1.807) is 11.0 Å². The van der Waals surface area contributed by atoms with Crippen molar-refractivity contribution in [3.8, 4) is 0 Å². The molecule has 0 saturated carbocycles. The minimum atomic E-state index is -0.563. The van der Waals surface area contributed by atoms with E-state index in [4.69, 9.17) is 0 Å². The Bertz CT molecular complexity index is 948. The molecule has 170 valence electrons. The number of likely N-dealkylation sites (tertiary alicyclic amines) is 1. The molecule has 1 aromatic carbocycles. The molecule has 32 heavy (non-hydrogen) atoms. The molecule has 2 fully saturated rings. The zero-order valence-electron chi connectivity index (χ0n) is 18.4. The summed E-state index contributed by atoms with van der Waals surface area (Å²) in [5, 5.41) is 17.7. The molecule has 0 spiro atoms. The Morgan fingerprint density at radius 1 is 1.09 bits per heavy atom. The third-order valence-electron chi connectivity index (χ3n) is 7.04. The number of amides is 1. The average molecular weight is 437 g/mol. The van der Waals surface area contributed by atoms with Gasteiger partial charge in [-0.15, -0.1) is 0 Å². The van der Waals surface area contributed by atoms with Crippen LogP contribution in [0.15, 0.2) is 36.7 Å². The van der Waals surface area contributed by atoms with Crippen LogP contribution in [0.25, 0.3) is 0 Å². The lowest BCUT2D eigenvalue weighted by atomic mass is 9.94. The van der Waals surface area contributed by atoms with E-state index >= 15 is 0 Å². The van der Waals surface area contributed by atoms with Gasteiger partial charge in [0.1, 0.15) is 17.8 Å². The highest BCUT2D eigenvalue weighted by atomic mass is 16.3. The van der Waals surface area contributed by atoms with Crippen LogP contribution in [0, 0.1) is 0 Å². The first-order valence-corrected chi connectivity index (χ1v) is 11.7. The molecular weight excluding hydrogens is 404 g/mol. The van der Waals surface area contributed by atoms with Crippen molar-refractivity contribution in [2.45, 2.75) is 50.4 Å². The Labute approximate surface area is 189 Å². The minimum absolute atomic E-state index is 0.0787. The van der Waals surface area contributed by atoms with Gasteiger partial charge in [-0.2, -0.15) is 0 Å². The Hall–Kier alpha value is -2.55. The fourth-order valence-corrected chi connectivity index (χ4v) is 5.22. The minimum Gasteiger partial charge on any atom is -0.390 e. The number of nitrogens with one attached hydrogen (secondary N) is 2. The predicted octanol–water partition coefficient (Wildman–Crippen LogP) is 1.27. The number of hydrogen-bond donors (Lipinski definition) is 3. The third-order valence-corrected chi connectivity index (χ3v) is 7.04. The van der Waals surface area contributed by atoms with Crippen LogP contribution in [0.5, 0.6) is 0 Å². The van der Waals surface area contributed by atoms with Crippen molar-refractivity contribution in [2.75, 3.05) is 38.0 Å². The van der Waals surface area contributed by atoms with Gasteiger partial charge < -0.3 is 20.6 Å². The molecule has 5 rings (SSSR count). The van der Waals surface area contributed by atoms with Gasteiger partial charge in [-0.25, -0.2) is 9.97 Å². The summed E-state index contributed by atoms with van der Waals surface area (Å²) in [6, 6.07) is 10.7. The lowest BCUT2D eigenvalue weighted by Gasteiger charge is -2.43. The molecule has 4 heterocycles. The average Bonchev–Trinajstić information content (AvgIpc) is 2.84. The molecule has 2 saturated heterocycles. The summed E-state index contributed by atoms with van der Waals surface area (Å²) in [4.78, 5) is 25.7. The molecule has 0 bridgehead atoms. The molecule has 0 aliphatic carbocycles. The maximum absolute atomic E-state index is 13.1. The summed E-state index contributed by atoms with van der Waals surface area (Å²) in [5.41, 5.74) is 3.14. The van der Waals surface area contributed by atoms with Gasteiger partial charge in [0.05, 0.1) is 6.10 Å². The van der Waals surface area contributed by atoms with Crippen LogP contribution in [-0.2, 0) is 13.0 Å². The number of aliphatic hydroxyl groups excluding tert-OH is 1. The highest BCUT2D eigenvalue weighted by Crippen LogP contribution is 2.26. The molecule has 0 radical (unpaired) electrons. The summed E-state index contributed by atoms with van der Waals surface area (Å²) >= 11 is 0. The monoisotopic (exact) mass is 436 g/mol. The Morgan fingerprint density at radius 3 is 2.72 bits per heavy atom. The lowest BCUT2D eigenvalue weighted by molar-refractivity contribution is -0.0139. The lowest BCUT2D eigenvalue weighted by Crippen LogP contribution is -2.56. The van der Waals surface area contributed by atoms with Crippen LogP contribution in [0.3, 0.4) is 0 Å². The van der Waals surface area contributed by atoms with Crippen LogP contribution in [0.1, 0.15) is 40.9 Å². The van der Waals surface area contributed by atoms with E-state index in [9.17, 15) is 9.90 Å². The number of nitrogens with zero attached hydrogens (tertiary/aromatic N) is 4. The molecule has 3 N–H and O–H groups in total. The van der Waals surface area contributed by atoms with Gasteiger partial charge in [0.25, 0.3) is 5.91 Å². The van der Waals surface area contributed by atoms with E-state index in [0.29, 0.717) is 30.6 Å². The summed E-state index contributed by atoms with van der Waals surface area (Å²) in [6.45, 7) is 4.75. The fourth-order valence-electron chi connectivity index (χ4n) is 5.22. The van der Waals surface area contributed by atoms with Crippen molar-refractivity contribution in [1.29, 1.82) is 0 Å². The number of fused-ring (bicyclic) bond motifs is 1. The normalized spacial score (nSPS) is 24.7. The van der Waals surface area contributed by atoms with Crippen molar-refractivity contribution in [1.82, 2.24) is 25.1 Å². The van der Waals surface area contributed by atoms with Gasteiger partial charge in [0, 0.05) is 44.3 Å².